The SMILES string of the molecule is O=C(O)[C@H]1CCCN1S(=O)(=O)c1ccc(Cl)s1. The van der Waals surface area contributed by atoms with Crippen molar-refractivity contribution in [3.8, 4) is 0 Å². The van der Waals surface area contributed by atoms with Crippen molar-refractivity contribution in [2.75, 3.05) is 6.54 Å². The molecule has 0 amide bonds. The summed E-state index contributed by atoms with van der Waals surface area (Å²) in [5.74, 6) is -1.10. The second kappa shape index (κ2) is 4.56. The molecule has 1 aromatic rings. The summed E-state index contributed by atoms with van der Waals surface area (Å²) in [6.45, 7) is 0.245. The van der Waals surface area contributed by atoms with Gasteiger partial charge in [0.15, 0.2) is 0 Å². The Morgan fingerprint density at radius 1 is 1.53 bits per heavy atom. The Morgan fingerprint density at radius 3 is 2.76 bits per heavy atom. The number of carboxylic acid groups (broad SMARTS) is 1. The maximum absolute atomic E-state index is 12.2. The van der Waals surface area contributed by atoms with E-state index < -0.39 is 22.0 Å². The number of nitrogens with zero attached hydrogens (tertiary/aromatic N) is 1. The Labute approximate surface area is 108 Å². The Kier molecular flexibility index (Phi) is 3.44. The summed E-state index contributed by atoms with van der Waals surface area (Å²) in [5, 5.41) is 8.97. The summed E-state index contributed by atoms with van der Waals surface area (Å²) in [7, 11) is -3.73. The fourth-order valence-corrected chi connectivity index (χ4v) is 5.09. The summed E-state index contributed by atoms with van der Waals surface area (Å²) in [4.78, 5) is 11.0. The van der Waals surface area contributed by atoms with Crippen LogP contribution in [0.1, 0.15) is 12.8 Å². The van der Waals surface area contributed by atoms with Crippen LogP contribution in [0.25, 0.3) is 0 Å². The van der Waals surface area contributed by atoms with Crippen molar-refractivity contribution in [3.05, 3.63) is 16.5 Å². The third kappa shape index (κ3) is 2.33. The Morgan fingerprint density at radius 2 is 2.24 bits per heavy atom. The third-order valence-electron chi connectivity index (χ3n) is 2.60. The van der Waals surface area contributed by atoms with Crippen molar-refractivity contribution >= 4 is 38.9 Å². The molecule has 17 heavy (non-hydrogen) atoms. The zero-order valence-corrected chi connectivity index (χ0v) is 11.1. The van der Waals surface area contributed by atoms with E-state index in [1.54, 1.807) is 0 Å². The van der Waals surface area contributed by atoms with E-state index in [9.17, 15) is 13.2 Å². The van der Waals surface area contributed by atoms with Crippen LogP contribution in [0.4, 0.5) is 0 Å². The molecule has 1 fully saturated rings. The molecule has 0 spiro atoms. The van der Waals surface area contributed by atoms with Crippen LogP contribution in [0.2, 0.25) is 4.34 Å². The first-order valence-electron chi connectivity index (χ1n) is 4.93. The van der Waals surface area contributed by atoms with Crippen LogP contribution in [-0.2, 0) is 14.8 Å². The lowest BCUT2D eigenvalue weighted by molar-refractivity contribution is -0.140. The number of thiophene rings is 1. The van der Waals surface area contributed by atoms with Gasteiger partial charge in [-0.1, -0.05) is 11.6 Å². The van der Waals surface area contributed by atoms with Gasteiger partial charge in [0.1, 0.15) is 10.3 Å². The molecule has 1 aliphatic rings. The van der Waals surface area contributed by atoms with E-state index in [4.69, 9.17) is 16.7 Å². The first-order valence-corrected chi connectivity index (χ1v) is 7.56. The maximum Gasteiger partial charge on any atom is 0.322 e. The molecule has 1 aliphatic heterocycles. The first-order chi connectivity index (χ1) is 7.93. The van der Waals surface area contributed by atoms with Crippen LogP contribution in [0.15, 0.2) is 16.3 Å². The second-order valence-electron chi connectivity index (χ2n) is 3.67. The number of halogens is 1. The number of carbonyl (C=O) groups is 1. The minimum atomic E-state index is -3.73. The lowest BCUT2D eigenvalue weighted by Crippen LogP contribution is -2.40. The highest BCUT2D eigenvalue weighted by molar-refractivity contribution is 7.91. The van der Waals surface area contributed by atoms with Crippen molar-refractivity contribution in [2.45, 2.75) is 23.1 Å². The largest absolute Gasteiger partial charge is 0.480 e. The average Bonchev–Trinajstić information content (AvgIpc) is 2.84. The number of aliphatic carboxylic acids is 1. The predicted molar refractivity (Wildman–Crippen MR) is 63.9 cm³/mol. The molecule has 1 atom stereocenters. The van der Waals surface area contributed by atoms with Crippen molar-refractivity contribution in [2.24, 2.45) is 0 Å². The van der Waals surface area contributed by atoms with Gasteiger partial charge < -0.3 is 5.11 Å². The third-order valence-corrected chi connectivity index (χ3v) is 6.21. The highest BCUT2D eigenvalue weighted by Crippen LogP contribution is 2.32. The molecule has 0 aliphatic carbocycles. The molecule has 8 heteroatoms. The van der Waals surface area contributed by atoms with E-state index in [1.807, 2.05) is 0 Å². The van der Waals surface area contributed by atoms with Crippen LogP contribution < -0.4 is 0 Å². The summed E-state index contributed by atoms with van der Waals surface area (Å²) >= 11 is 6.63. The van der Waals surface area contributed by atoms with Gasteiger partial charge in [0.2, 0.25) is 0 Å². The van der Waals surface area contributed by atoms with Gasteiger partial charge in [-0.3, -0.25) is 4.79 Å². The highest BCUT2D eigenvalue weighted by atomic mass is 35.5. The van der Waals surface area contributed by atoms with Gasteiger partial charge in [0.05, 0.1) is 4.34 Å². The number of sulfonamides is 1. The molecule has 0 saturated carbocycles. The van der Waals surface area contributed by atoms with Gasteiger partial charge in [-0.25, -0.2) is 8.42 Å². The summed E-state index contributed by atoms with van der Waals surface area (Å²) in [5.41, 5.74) is 0. The van der Waals surface area contributed by atoms with Gasteiger partial charge in [-0.05, 0) is 25.0 Å². The van der Waals surface area contributed by atoms with Crippen LogP contribution in [-0.4, -0.2) is 36.4 Å². The molecule has 0 unspecified atom stereocenters. The topological polar surface area (TPSA) is 74.7 Å². The molecule has 1 N–H and O–H groups in total. The van der Waals surface area contributed by atoms with E-state index in [-0.39, 0.29) is 10.8 Å². The van der Waals surface area contributed by atoms with Crippen LogP contribution in [0, 0.1) is 0 Å². The zero-order chi connectivity index (χ0) is 12.6. The highest BCUT2D eigenvalue weighted by Gasteiger charge is 2.40. The summed E-state index contributed by atoms with van der Waals surface area (Å²) in [6.07, 6.45) is 0.920. The fourth-order valence-electron chi connectivity index (χ4n) is 1.83. The van der Waals surface area contributed by atoms with Crippen molar-refractivity contribution in [3.63, 3.8) is 0 Å². The zero-order valence-electron chi connectivity index (χ0n) is 8.67. The molecule has 2 rings (SSSR count). The van der Waals surface area contributed by atoms with Gasteiger partial charge in [-0.2, -0.15) is 4.31 Å². The Bertz CT molecular complexity index is 539. The Hall–Kier alpha value is -0.630. The number of carboxylic acids is 1. The van der Waals surface area contributed by atoms with Gasteiger partial charge in [-0.15, -0.1) is 11.3 Å². The van der Waals surface area contributed by atoms with E-state index in [0.29, 0.717) is 17.2 Å². The predicted octanol–water partition coefficient (Wildman–Crippen LogP) is 1.64. The van der Waals surface area contributed by atoms with Crippen molar-refractivity contribution in [1.29, 1.82) is 0 Å². The summed E-state index contributed by atoms with van der Waals surface area (Å²) in [6, 6.07) is 1.94. The minimum Gasteiger partial charge on any atom is -0.480 e. The van der Waals surface area contributed by atoms with Crippen LogP contribution in [0.3, 0.4) is 0 Å². The molecule has 5 nitrogen and oxygen atoms in total. The maximum atomic E-state index is 12.2. The molecular formula is C9H10ClNO4S2. The lowest BCUT2D eigenvalue weighted by atomic mass is 10.2. The lowest BCUT2D eigenvalue weighted by Gasteiger charge is -2.19. The van der Waals surface area contributed by atoms with Crippen LogP contribution >= 0.6 is 22.9 Å². The molecule has 1 aromatic heterocycles. The van der Waals surface area contributed by atoms with E-state index >= 15 is 0 Å². The fraction of sp³-hybridized carbons (Fsp3) is 0.444. The molecule has 1 saturated heterocycles. The number of rotatable bonds is 3. The number of hydrogen-bond acceptors (Lipinski definition) is 4. The van der Waals surface area contributed by atoms with E-state index in [1.165, 1.54) is 12.1 Å². The molecule has 2 heterocycles. The molecule has 0 aromatic carbocycles. The summed E-state index contributed by atoms with van der Waals surface area (Å²) < 4.78 is 25.9. The van der Waals surface area contributed by atoms with Gasteiger partial charge in [0, 0.05) is 6.54 Å². The quantitative estimate of drug-likeness (QED) is 0.920. The Balaban J connectivity index is 2.36. The molecular weight excluding hydrogens is 286 g/mol. The minimum absolute atomic E-state index is 0.0932. The van der Waals surface area contributed by atoms with Gasteiger partial charge in [0.25, 0.3) is 10.0 Å². The molecule has 0 bridgehead atoms. The normalized spacial score (nSPS) is 21.8. The van der Waals surface area contributed by atoms with Crippen molar-refractivity contribution in [1.82, 2.24) is 4.31 Å². The molecule has 94 valence electrons. The van der Waals surface area contributed by atoms with E-state index in [0.717, 1.165) is 15.6 Å². The van der Waals surface area contributed by atoms with Crippen LogP contribution in [0.5, 0.6) is 0 Å². The first kappa shape index (κ1) is 12.8. The second-order valence-corrected chi connectivity index (χ2v) is 7.50. The van der Waals surface area contributed by atoms with E-state index in [2.05, 4.69) is 0 Å². The molecule has 0 radical (unpaired) electrons. The van der Waals surface area contributed by atoms with Crippen molar-refractivity contribution < 1.29 is 18.3 Å². The smallest absolute Gasteiger partial charge is 0.322 e. The van der Waals surface area contributed by atoms with Gasteiger partial charge >= 0.3 is 5.97 Å². The number of hydrogen-bond donors (Lipinski definition) is 1. The monoisotopic (exact) mass is 295 g/mol. The average molecular weight is 296 g/mol. The standard InChI is InChI=1S/C9H10ClNO4S2/c10-7-3-4-8(16-7)17(14,15)11-5-1-2-6(11)9(12)13/h3-4,6H,1-2,5H2,(H,12,13)/t6-/m1/s1.